The molecule has 74 valence electrons. The van der Waals surface area contributed by atoms with Gasteiger partial charge in [-0.25, -0.2) is 0 Å². The highest BCUT2D eigenvalue weighted by atomic mass is 32.1. The van der Waals surface area contributed by atoms with E-state index in [2.05, 4.69) is 23.6 Å². The largest absolute Gasteiger partial charge is 0.499 e. The summed E-state index contributed by atoms with van der Waals surface area (Å²) in [7, 11) is -1.36. The van der Waals surface area contributed by atoms with Crippen molar-refractivity contribution in [3.05, 3.63) is 29.6 Å². The second-order valence-electron chi connectivity index (χ2n) is 3.37. The molecule has 15 heavy (non-hydrogen) atoms. The Balaban J connectivity index is 2.34. The van der Waals surface area contributed by atoms with Gasteiger partial charge in [-0.1, -0.05) is 0 Å². The van der Waals surface area contributed by atoms with Crippen LogP contribution in [0.25, 0.3) is 20.2 Å². The third-order valence-electron chi connectivity index (χ3n) is 2.36. The molecule has 2 N–H and O–H groups in total. The molecule has 0 spiro atoms. The number of rotatable bonds is 1. The topological polar surface area (TPSA) is 40.5 Å². The summed E-state index contributed by atoms with van der Waals surface area (Å²) in [6.07, 6.45) is 0. The Kier molecular flexibility index (Phi) is 2.07. The van der Waals surface area contributed by atoms with Gasteiger partial charge in [0.05, 0.1) is 0 Å². The fourth-order valence-electron chi connectivity index (χ4n) is 1.64. The lowest BCUT2D eigenvalue weighted by Crippen LogP contribution is -2.26. The van der Waals surface area contributed by atoms with Crippen molar-refractivity contribution in [3.8, 4) is 0 Å². The number of benzene rings is 1. The molecule has 0 atom stereocenters. The molecule has 1 aromatic carbocycles. The van der Waals surface area contributed by atoms with E-state index < -0.39 is 7.12 Å². The Bertz CT molecular complexity index is 578. The predicted molar refractivity (Wildman–Crippen MR) is 67.0 cm³/mol. The molecule has 0 aliphatic heterocycles. The van der Waals surface area contributed by atoms with Gasteiger partial charge in [0.25, 0.3) is 0 Å². The van der Waals surface area contributed by atoms with Crippen LogP contribution in [-0.2, 0) is 0 Å². The lowest BCUT2D eigenvalue weighted by atomic mass is 9.89. The van der Waals surface area contributed by atoms with Gasteiger partial charge < -0.3 is 10.0 Å². The van der Waals surface area contributed by atoms with E-state index in [4.69, 9.17) is 10.0 Å². The maximum atomic E-state index is 9.08. The molecule has 2 nitrogen and oxygen atoms in total. The molecule has 2 aromatic heterocycles. The zero-order valence-corrected chi connectivity index (χ0v) is 9.31. The molecule has 0 fully saturated rings. The van der Waals surface area contributed by atoms with Crippen LogP contribution in [0.5, 0.6) is 0 Å². The van der Waals surface area contributed by atoms with Crippen molar-refractivity contribution < 1.29 is 10.0 Å². The molecule has 0 amide bonds. The van der Waals surface area contributed by atoms with E-state index in [-0.39, 0.29) is 0 Å². The van der Waals surface area contributed by atoms with Gasteiger partial charge in [0, 0.05) is 14.2 Å². The molecule has 5 heteroatoms. The molecule has 3 aromatic rings. The van der Waals surface area contributed by atoms with Crippen LogP contribution in [0.1, 0.15) is 0 Å². The van der Waals surface area contributed by atoms with E-state index in [1.54, 1.807) is 11.3 Å². The van der Waals surface area contributed by atoms with Crippen LogP contribution in [0, 0.1) is 0 Å². The number of hydrogen-bond donors (Lipinski definition) is 2. The molecule has 0 unspecified atom stereocenters. The van der Waals surface area contributed by atoms with Gasteiger partial charge in [-0.05, 0) is 40.4 Å². The van der Waals surface area contributed by atoms with Gasteiger partial charge in [-0.15, -0.1) is 22.7 Å². The average molecular weight is 234 g/mol. The Labute approximate surface area is 94.6 Å². The zero-order chi connectivity index (χ0) is 10.4. The van der Waals surface area contributed by atoms with Crippen molar-refractivity contribution in [2.24, 2.45) is 0 Å². The average Bonchev–Trinajstić information content (AvgIpc) is 2.77. The Morgan fingerprint density at radius 1 is 1.00 bits per heavy atom. The van der Waals surface area contributed by atoms with Crippen LogP contribution in [0.15, 0.2) is 29.6 Å². The van der Waals surface area contributed by atoms with Crippen LogP contribution in [0.2, 0.25) is 0 Å². The van der Waals surface area contributed by atoms with Crippen molar-refractivity contribution in [2.45, 2.75) is 0 Å². The molecular weight excluding hydrogens is 227 g/mol. The normalized spacial score (nSPS) is 11.3. The minimum Gasteiger partial charge on any atom is -0.423 e. The van der Waals surface area contributed by atoms with Gasteiger partial charge in [-0.2, -0.15) is 0 Å². The minimum atomic E-state index is -1.36. The molecule has 3 rings (SSSR count). The first-order chi connectivity index (χ1) is 7.24. The highest BCUT2D eigenvalue weighted by molar-refractivity contribution is 7.28. The van der Waals surface area contributed by atoms with Gasteiger partial charge in [0.1, 0.15) is 0 Å². The summed E-state index contributed by atoms with van der Waals surface area (Å²) in [5.41, 5.74) is 0. The summed E-state index contributed by atoms with van der Waals surface area (Å²) in [6, 6.07) is 8.10. The summed E-state index contributed by atoms with van der Waals surface area (Å²) < 4.78 is 2.94. The van der Waals surface area contributed by atoms with E-state index in [0.29, 0.717) is 4.78 Å². The van der Waals surface area contributed by atoms with E-state index in [1.807, 2.05) is 6.07 Å². The molecule has 0 radical (unpaired) electrons. The summed E-state index contributed by atoms with van der Waals surface area (Å²) in [4.78, 5) is 0. The molecule has 0 aliphatic carbocycles. The SMILES string of the molecule is OB(O)c1cc2cc3sccc3cc2s1. The first-order valence-corrected chi connectivity index (χ1v) is 6.20. The van der Waals surface area contributed by atoms with Crippen molar-refractivity contribution in [2.75, 3.05) is 0 Å². The van der Waals surface area contributed by atoms with E-state index in [9.17, 15) is 0 Å². The van der Waals surface area contributed by atoms with Crippen molar-refractivity contribution in [1.82, 2.24) is 0 Å². The third kappa shape index (κ3) is 1.48. The highest BCUT2D eigenvalue weighted by Crippen LogP contribution is 2.29. The van der Waals surface area contributed by atoms with Crippen molar-refractivity contribution in [1.29, 1.82) is 0 Å². The number of hydrogen-bond acceptors (Lipinski definition) is 4. The molecule has 0 bridgehead atoms. The van der Waals surface area contributed by atoms with Crippen LogP contribution in [0.4, 0.5) is 0 Å². The third-order valence-corrected chi connectivity index (χ3v) is 4.38. The maximum Gasteiger partial charge on any atom is 0.499 e. The van der Waals surface area contributed by atoms with Crippen LogP contribution in [-0.4, -0.2) is 17.2 Å². The summed E-state index contributed by atoms with van der Waals surface area (Å²) in [5, 5.41) is 22.5. The first kappa shape index (κ1) is 9.36. The Morgan fingerprint density at radius 3 is 2.60 bits per heavy atom. The van der Waals surface area contributed by atoms with E-state index in [1.165, 1.54) is 21.4 Å². The van der Waals surface area contributed by atoms with Crippen molar-refractivity contribution in [3.63, 3.8) is 0 Å². The van der Waals surface area contributed by atoms with Gasteiger partial charge in [0.15, 0.2) is 0 Å². The van der Waals surface area contributed by atoms with Gasteiger partial charge in [-0.3, -0.25) is 0 Å². The van der Waals surface area contributed by atoms with Crippen LogP contribution >= 0.6 is 22.7 Å². The maximum absolute atomic E-state index is 9.08. The van der Waals surface area contributed by atoms with Gasteiger partial charge in [0.2, 0.25) is 0 Å². The number of thiophene rings is 2. The fourth-order valence-corrected chi connectivity index (χ4v) is 3.43. The first-order valence-electron chi connectivity index (χ1n) is 4.51. The van der Waals surface area contributed by atoms with E-state index in [0.717, 1.165) is 10.1 Å². The minimum absolute atomic E-state index is 0.600. The monoisotopic (exact) mass is 234 g/mol. The molecule has 0 saturated heterocycles. The standard InChI is InChI=1S/C10H7BO2S2/c12-11(13)10-5-7-4-8-6(1-2-14-8)3-9(7)15-10/h1-5,12-13H. The lowest BCUT2D eigenvalue weighted by Gasteiger charge is -1.89. The highest BCUT2D eigenvalue weighted by Gasteiger charge is 2.14. The Hall–Kier alpha value is -0.875. The quantitative estimate of drug-likeness (QED) is 0.630. The summed E-state index contributed by atoms with van der Waals surface area (Å²) >= 11 is 3.13. The predicted octanol–water partition coefficient (Wildman–Crippen LogP) is 1.80. The summed E-state index contributed by atoms with van der Waals surface area (Å²) in [5.74, 6) is 0. The molecule has 2 heterocycles. The lowest BCUT2D eigenvalue weighted by molar-refractivity contribution is 0.427. The van der Waals surface area contributed by atoms with Gasteiger partial charge >= 0.3 is 7.12 Å². The second kappa shape index (κ2) is 3.32. The van der Waals surface area contributed by atoms with E-state index >= 15 is 0 Å². The zero-order valence-electron chi connectivity index (χ0n) is 7.68. The van der Waals surface area contributed by atoms with Crippen molar-refractivity contribution >= 4 is 54.7 Å². The molecule has 0 saturated carbocycles. The molecule has 0 aliphatic rings. The summed E-state index contributed by atoms with van der Waals surface area (Å²) in [6.45, 7) is 0. The van der Waals surface area contributed by atoms with Crippen LogP contribution < -0.4 is 4.78 Å². The Morgan fingerprint density at radius 2 is 1.80 bits per heavy atom. The smallest absolute Gasteiger partial charge is 0.423 e. The van der Waals surface area contributed by atoms with Crippen LogP contribution in [0.3, 0.4) is 0 Å². The number of fused-ring (bicyclic) bond motifs is 2. The second-order valence-corrected chi connectivity index (χ2v) is 5.43. The molecular formula is C10H7BO2S2. The fraction of sp³-hybridized carbons (Fsp3) is 0.